The Balaban J connectivity index is 3.11. The molecule has 0 atom stereocenters. The molecule has 1 aromatic carbocycles. The average molecular weight is 305 g/mol. The molecule has 84 valence electrons. The molecule has 0 fully saturated rings. The lowest BCUT2D eigenvalue weighted by Crippen LogP contribution is -2.18. The molecule has 0 saturated carbocycles. The molecule has 0 heterocycles. The van der Waals surface area contributed by atoms with Crippen LogP contribution in [0.3, 0.4) is 0 Å². The molecule has 0 saturated heterocycles. The summed E-state index contributed by atoms with van der Waals surface area (Å²) in [7, 11) is 0. The maximum Gasteiger partial charge on any atom is 0.573 e. The van der Waals surface area contributed by atoms with Gasteiger partial charge >= 0.3 is 6.36 Å². The molecule has 0 N–H and O–H groups in total. The molecule has 7 heteroatoms. The van der Waals surface area contributed by atoms with Crippen molar-refractivity contribution in [3.8, 4) is 5.75 Å². The monoisotopic (exact) mass is 304 g/mol. The maximum atomic E-state index is 13.4. The lowest BCUT2D eigenvalue weighted by atomic mass is 10.3. The van der Waals surface area contributed by atoms with Crippen molar-refractivity contribution in [2.24, 2.45) is 0 Å². The van der Waals surface area contributed by atoms with Crippen LogP contribution in [0.25, 0.3) is 0 Å². The Kier molecular flexibility index (Phi) is 3.88. The van der Waals surface area contributed by atoms with Crippen LogP contribution in [0.5, 0.6) is 5.75 Å². The van der Waals surface area contributed by atoms with Crippen molar-refractivity contribution < 1.29 is 22.3 Å². The minimum atomic E-state index is -4.88. The summed E-state index contributed by atoms with van der Waals surface area (Å²) in [5.41, 5.74) is 0. The van der Waals surface area contributed by atoms with Crippen LogP contribution < -0.4 is 4.74 Å². The smallest absolute Gasteiger partial charge is 0.403 e. The van der Waals surface area contributed by atoms with E-state index in [1.54, 1.807) is 6.26 Å². The van der Waals surface area contributed by atoms with Crippen molar-refractivity contribution in [2.75, 3.05) is 6.26 Å². The Morgan fingerprint density at radius 2 is 1.93 bits per heavy atom. The summed E-state index contributed by atoms with van der Waals surface area (Å²) in [5.74, 6) is -1.84. The molecule has 0 aromatic heterocycles. The fourth-order valence-electron chi connectivity index (χ4n) is 0.905. The molecule has 0 bridgehead atoms. The standard InChI is InChI=1S/C8H5BrF4OS/c1-15-7-4(9)2-3-5(6(7)10)14-8(11,12)13/h2-3H,1H3. The molecule has 0 radical (unpaired) electrons. The first-order valence-corrected chi connectivity index (χ1v) is 5.64. The molecule has 0 unspecified atom stereocenters. The highest BCUT2D eigenvalue weighted by Crippen LogP contribution is 2.35. The van der Waals surface area contributed by atoms with E-state index < -0.39 is 17.9 Å². The number of halogens is 5. The second-order valence-corrected chi connectivity index (χ2v) is 4.11. The first-order chi connectivity index (χ1) is 6.85. The van der Waals surface area contributed by atoms with Gasteiger partial charge in [-0.15, -0.1) is 24.9 Å². The van der Waals surface area contributed by atoms with E-state index in [9.17, 15) is 17.6 Å². The van der Waals surface area contributed by atoms with Gasteiger partial charge in [0.1, 0.15) is 0 Å². The number of benzene rings is 1. The number of ether oxygens (including phenoxy) is 1. The van der Waals surface area contributed by atoms with E-state index in [1.165, 1.54) is 6.07 Å². The average Bonchev–Trinajstić information content (AvgIpc) is 2.09. The second-order valence-electron chi connectivity index (χ2n) is 2.44. The summed E-state index contributed by atoms with van der Waals surface area (Å²) in [6.45, 7) is 0. The fraction of sp³-hybridized carbons (Fsp3) is 0.250. The normalized spacial score (nSPS) is 11.6. The van der Waals surface area contributed by atoms with Crippen molar-refractivity contribution in [3.63, 3.8) is 0 Å². The van der Waals surface area contributed by atoms with Crippen molar-refractivity contribution in [3.05, 3.63) is 22.4 Å². The highest BCUT2D eigenvalue weighted by atomic mass is 79.9. The van der Waals surface area contributed by atoms with E-state index in [4.69, 9.17) is 0 Å². The van der Waals surface area contributed by atoms with E-state index in [0.29, 0.717) is 4.47 Å². The zero-order valence-electron chi connectivity index (χ0n) is 7.36. The first kappa shape index (κ1) is 12.6. The third-order valence-corrected chi connectivity index (χ3v) is 3.17. The Labute approximate surface area is 95.9 Å². The lowest BCUT2D eigenvalue weighted by molar-refractivity contribution is -0.275. The van der Waals surface area contributed by atoms with E-state index >= 15 is 0 Å². The molecular formula is C8H5BrF4OS. The van der Waals surface area contributed by atoms with Gasteiger partial charge in [-0.1, -0.05) is 0 Å². The van der Waals surface area contributed by atoms with Gasteiger partial charge in [0.2, 0.25) is 0 Å². The minimum absolute atomic E-state index is 0.0803. The topological polar surface area (TPSA) is 9.23 Å². The van der Waals surface area contributed by atoms with Gasteiger partial charge in [0, 0.05) is 4.47 Å². The number of hydrogen-bond acceptors (Lipinski definition) is 2. The van der Waals surface area contributed by atoms with Crippen LogP contribution in [0, 0.1) is 5.82 Å². The summed E-state index contributed by atoms with van der Waals surface area (Å²) >= 11 is 4.02. The predicted octanol–water partition coefficient (Wildman–Crippen LogP) is 4.21. The Bertz CT molecular complexity index is 366. The number of alkyl halides is 3. The van der Waals surface area contributed by atoms with Crippen molar-refractivity contribution in [1.29, 1.82) is 0 Å². The highest BCUT2D eigenvalue weighted by Gasteiger charge is 2.33. The summed E-state index contributed by atoms with van der Waals surface area (Å²) in [6, 6.07) is 2.22. The highest BCUT2D eigenvalue weighted by molar-refractivity contribution is 9.10. The predicted molar refractivity (Wildman–Crippen MR) is 52.6 cm³/mol. The molecule has 1 nitrogen and oxygen atoms in total. The Morgan fingerprint density at radius 1 is 1.33 bits per heavy atom. The van der Waals surface area contributed by atoms with Gasteiger partial charge in [-0.25, -0.2) is 4.39 Å². The molecule has 1 rings (SSSR count). The van der Waals surface area contributed by atoms with Crippen LogP contribution in [0.4, 0.5) is 17.6 Å². The van der Waals surface area contributed by atoms with Crippen molar-refractivity contribution in [1.82, 2.24) is 0 Å². The van der Waals surface area contributed by atoms with Crippen LogP contribution in [0.15, 0.2) is 21.5 Å². The lowest BCUT2D eigenvalue weighted by Gasteiger charge is -2.11. The fourth-order valence-corrected chi connectivity index (χ4v) is 2.24. The third-order valence-electron chi connectivity index (χ3n) is 1.44. The van der Waals surface area contributed by atoms with E-state index in [2.05, 4.69) is 20.7 Å². The number of rotatable bonds is 2. The molecule has 0 aliphatic carbocycles. The van der Waals surface area contributed by atoms with Gasteiger partial charge in [-0.2, -0.15) is 0 Å². The van der Waals surface area contributed by atoms with Crippen LogP contribution >= 0.6 is 27.7 Å². The first-order valence-electron chi connectivity index (χ1n) is 3.63. The van der Waals surface area contributed by atoms with Crippen molar-refractivity contribution in [2.45, 2.75) is 11.3 Å². The van der Waals surface area contributed by atoms with E-state index in [-0.39, 0.29) is 4.90 Å². The molecule has 0 spiro atoms. The summed E-state index contributed by atoms with van der Waals surface area (Å²) in [5, 5.41) is 0. The molecule has 0 aliphatic heterocycles. The molecule has 1 aromatic rings. The van der Waals surface area contributed by atoms with Gasteiger partial charge in [0.25, 0.3) is 0 Å². The van der Waals surface area contributed by atoms with E-state index in [1.807, 2.05) is 0 Å². The van der Waals surface area contributed by atoms with Crippen molar-refractivity contribution >= 4 is 27.7 Å². The summed E-state index contributed by atoms with van der Waals surface area (Å²) in [6.07, 6.45) is -3.33. The zero-order valence-corrected chi connectivity index (χ0v) is 9.76. The quantitative estimate of drug-likeness (QED) is 0.598. The molecular weight excluding hydrogens is 300 g/mol. The summed E-state index contributed by atoms with van der Waals surface area (Å²) in [4.78, 5) is 0.0803. The van der Waals surface area contributed by atoms with Crippen LogP contribution in [-0.4, -0.2) is 12.6 Å². The molecule has 0 aliphatic rings. The van der Waals surface area contributed by atoms with Crippen LogP contribution in [0.1, 0.15) is 0 Å². The molecule has 0 amide bonds. The largest absolute Gasteiger partial charge is 0.573 e. The van der Waals surface area contributed by atoms with Gasteiger partial charge in [0.15, 0.2) is 11.6 Å². The minimum Gasteiger partial charge on any atom is -0.403 e. The maximum absolute atomic E-state index is 13.4. The molecule has 15 heavy (non-hydrogen) atoms. The van der Waals surface area contributed by atoms with Crippen LogP contribution in [0.2, 0.25) is 0 Å². The van der Waals surface area contributed by atoms with Gasteiger partial charge < -0.3 is 4.74 Å². The number of hydrogen-bond donors (Lipinski definition) is 0. The van der Waals surface area contributed by atoms with Gasteiger partial charge in [-0.05, 0) is 34.3 Å². The SMILES string of the molecule is CSc1c(Br)ccc(OC(F)(F)F)c1F. The van der Waals surface area contributed by atoms with Crippen LogP contribution in [-0.2, 0) is 0 Å². The van der Waals surface area contributed by atoms with E-state index in [0.717, 1.165) is 17.8 Å². The summed E-state index contributed by atoms with van der Waals surface area (Å²) < 4.78 is 52.9. The second kappa shape index (κ2) is 4.61. The van der Waals surface area contributed by atoms with Gasteiger partial charge in [-0.3, -0.25) is 0 Å². The Hall–Kier alpha value is -0.430. The van der Waals surface area contributed by atoms with Gasteiger partial charge in [0.05, 0.1) is 4.90 Å². The third kappa shape index (κ3) is 3.27. The number of thioether (sulfide) groups is 1. The Morgan fingerprint density at radius 3 is 2.40 bits per heavy atom. The zero-order chi connectivity index (χ0) is 11.6.